The fraction of sp³-hybridized carbons (Fsp3) is 0.241. The second-order valence-electron chi connectivity index (χ2n) is 9.01. The van der Waals surface area contributed by atoms with Crippen LogP contribution >= 0.6 is 0 Å². The summed E-state index contributed by atoms with van der Waals surface area (Å²) < 4.78 is 27.4. The largest absolute Gasteiger partial charge is 0.507 e. The van der Waals surface area contributed by atoms with Crippen molar-refractivity contribution >= 4 is 23.1 Å². The summed E-state index contributed by atoms with van der Waals surface area (Å²) >= 11 is 0. The van der Waals surface area contributed by atoms with E-state index in [2.05, 4.69) is 0 Å². The van der Waals surface area contributed by atoms with E-state index >= 15 is 0 Å². The van der Waals surface area contributed by atoms with E-state index in [1.54, 1.807) is 60.7 Å². The van der Waals surface area contributed by atoms with Gasteiger partial charge in [0, 0.05) is 11.8 Å². The zero-order valence-electron chi connectivity index (χ0n) is 21.4. The van der Waals surface area contributed by atoms with Crippen LogP contribution in [0.15, 0.2) is 66.2 Å². The van der Waals surface area contributed by atoms with Crippen LogP contribution in [0.4, 0.5) is 5.69 Å². The number of anilines is 1. The third kappa shape index (κ3) is 4.36. The van der Waals surface area contributed by atoms with Crippen molar-refractivity contribution in [3.63, 3.8) is 0 Å². The summed E-state index contributed by atoms with van der Waals surface area (Å²) in [5.74, 6) is 0.392. The van der Waals surface area contributed by atoms with Crippen LogP contribution in [0.3, 0.4) is 0 Å². The van der Waals surface area contributed by atoms with Gasteiger partial charge >= 0.3 is 0 Å². The van der Waals surface area contributed by atoms with Crippen molar-refractivity contribution < 1.29 is 38.4 Å². The Hall–Kier alpha value is -4.66. The summed E-state index contributed by atoms with van der Waals surface area (Å²) in [6, 6.07) is 16.0. The Balaban J connectivity index is 1.70. The van der Waals surface area contributed by atoms with Gasteiger partial charge in [-0.2, -0.15) is 0 Å². The third-order valence-corrected chi connectivity index (χ3v) is 6.31. The molecule has 0 bridgehead atoms. The minimum Gasteiger partial charge on any atom is -0.507 e. The highest BCUT2D eigenvalue weighted by Gasteiger charge is 2.47. The molecule has 2 heterocycles. The summed E-state index contributed by atoms with van der Waals surface area (Å²) in [4.78, 5) is 28.4. The number of benzene rings is 3. The molecule has 196 valence electrons. The molecule has 0 radical (unpaired) electrons. The predicted octanol–water partition coefficient (Wildman–Crippen LogP) is 4.85. The summed E-state index contributed by atoms with van der Waals surface area (Å²) in [6.45, 7) is 3.90. The molecule has 5 rings (SSSR count). The molecule has 1 saturated heterocycles. The van der Waals surface area contributed by atoms with Crippen molar-refractivity contribution in [2.45, 2.75) is 26.0 Å². The number of methoxy groups -OCH3 is 2. The predicted molar refractivity (Wildman–Crippen MR) is 139 cm³/mol. The molecule has 0 aromatic heterocycles. The molecule has 1 unspecified atom stereocenters. The first kappa shape index (κ1) is 25.0. The lowest BCUT2D eigenvalue weighted by Gasteiger charge is -2.26. The van der Waals surface area contributed by atoms with Crippen molar-refractivity contribution in [1.82, 2.24) is 0 Å². The molecule has 9 heteroatoms. The average Bonchev–Trinajstić information content (AvgIpc) is 3.49. The molecule has 0 spiro atoms. The van der Waals surface area contributed by atoms with Gasteiger partial charge in [0.2, 0.25) is 6.79 Å². The topological polar surface area (TPSA) is 104 Å². The lowest BCUT2D eigenvalue weighted by Crippen LogP contribution is -2.29. The molecule has 2 aliphatic rings. The second-order valence-corrected chi connectivity index (χ2v) is 9.01. The van der Waals surface area contributed by atoms with Gasteiger partial charge in [0.05, 0.1) is 37.5 Å². The quantitative estimate of drug-likeness (QED) is 0.270. The number of ether oxygens (including phenoxy) is 5. The molecule has 1 amide bonds. The molecule has 38 heavy (non-hydrogen) atoms. The molecule has 1 atom stereocenters. The highest BCUT2D eigenvalue weighted by Crippen LogP contribution is 2.46. The summed E-state index contributed by atoms with van der Waals surface area (Å²) in [5.41, 5.74) is 1.15. The number of fused-ring (bicyclic) bond motifs is 1. The number of ketones is 1. The lowest BCUT2D eigenvalue weighted by molar-refractivity contribution is -0.132. The van der Waals surface area contributed by atoms with Crippen LogP contribution in [0.1, 0.15) is 31.0 Å². The number of amides is 1. The van der Waals surface area contributed by atoms with Gasteiger partial charge in [-0.15, -0.1) is 0 Å². The summed E-state index contributed by atoms with van der Waals surface area (Å²) in [6.07, 6.45) is -0.0272. The summed E-state index contributed by atoms with van der Waals surface area (Å²) in [5, 5.41) is 11.5. The first-order chi connectivity index (χ1) is 18.3. The average molecular weight is 518 g/mol. The van der Waals surface area contributed by atoms with Gasteiger partial charge in [-0.25, -0.2) is 0 Å². The van der Waals surface area contributed by atoms with Crippen molar-refractivity contribution in [3.05, 3.63) is 77.4 Å². The van der Waals surface area contributed by atoms with E-state index < -0.39 is 17.7 Å². The molecular formula is C29H27NO8. The normalized spacial score (nSPS) is 17.7. The van der Waals surface area contributed by atoms with Gasteiger partial charge in [-0.05, 0) is 61.9 Å². The fourth-order valence-electron chi connectivity index (χ4n) is 4.59. The van der Waals surface area contributed by atoms with E-state index in [0.717, 1.165) is 0 Å². The van der Waals surface area contributed by atoms with Crippen LogP contribution in [0.25, 0.3) is 5.76 Å². The van der Waals surface area contributed by atoms with Crippen molar-refractivity contribution in [2.75, 3.05) is 25.9 Å². The fourth-order valence-corrected chi connectivity index (χ4v) is 4.59. The Morgan fingerprint density at radius 1 is 0.921 bits per heavy atom. The maximum absolute atomic E-state index is 13.5. The molecular weight excluding hydrogens is 490 g/mol. The molecule has 2 aliphatic heterocycles. The van der Waals surface area contributed by atoms with Gasteiger partial charge < -0.3 is 28.8 Å². The zero-order valence-corrected chi connectivity index (χ0v) is 21.4. The first-order valence-corrected chi connectivity index (χ1v) is 12.0. The zero-order chi connectivity index (χ0) is 27.0. The number of hydrogen-bond donors (Lipinski definition) is 1. The second kappa shape index (κ2) is 10.0. The number of carbonyl (C=O) groups is 2. The van der Waals surface area contributed by atoms with E-state index in [9.17, 15) is 14.7 Å². The highest BCUT2D eigenvalue weighted by atomic mass is 16.7. The van der Waals surface area contributed by atoms with Gasteiger partial charge in [0.15, 0.2) is 11.5 Å². The van der Waals surface area contributed by atoms with E-state index in [-0.39, 0.29) is 29.8 Å². The van der Waals surface area contributed by atoms with Crippen LogP contribution in [0, 0.1) is 0 Å². The molecule has 1 N–H and O–H groups in total. The number of nitrogens with zero attached hydrogens (tertiary/aromatic N) is 1. The molecule has 0 saturated carbocycles. The number of rotatable bonds is 7. The van der Waals surface area contributed by atoms with Crippen molar-refractivity contribution in [1.29, 1.82) is 0 Å². The van der Waals surface area contributed by atoms with Crippen LogP contribution in [-0.4, -0.2) is 43.9 Å². The molecule has 9 nitrogen and oxygen atoms in total. The number of hydrogen-bond acceptors (Lipinski definition) is 8. The van der Waals surface area contributed by atoms with Crippen LogP contribution < -0.4 is 28.6 Å². The van der Waals surface area contributed by atoms with Crippen molar-refractivity contribution in [3.8, 4) is 28.7 Å². The van der Waals surface area contributed by atoms with E-state index in [1.165, 1.54) is 19.1 Å². The smallest absolute Gasteiger partial charge is 0.300 e. The van der Waals surface area contributed by atoms with Crippen LogP contribution in [0.2, 0.25) is 0 Å². The Morgan fingerprint density at radius 3 is 2.32 bits per heavy atom. The molecule has 3 aromatic rings. The SMILES string of the molecule is COc1ccc(OC)c(/C(O)=C2\C(=O)C(=O)N(c3ccc4c(c3)OCO4)C2c2ccc(OC(C)C)cc2)c1. The van der Waals surface area contributed by atoms with Gasteiger partial charge in [0.25, 0.3) is 11.7 Å². The standard InChI is InChI=1S/C29H27NO8/c1-16(2)38-19-8-5-17(6-9-19)26-25(27(31)21-14-20(34-3)10-12-22(21)35-4)28(32)29(33)30(26)18-7-11-23-24(13-18)37-15-36-23/h5-14,16,26,31H,15H2,1-4H3/b27-25+. The molecule has 1 fully saturated rings. The Kier molecular flexibility index (Phi) is 6.59. The number of aliphatic hydroxyl groups is 1. The molecule has 0 aliphatic carbocycles. The maximum atomic E-state index is 13.5. The van der Waals surface area contributed by atoms with Gasteiger partial charge in [-0.1, -0.05) is 12.1 Å². The van der Waals surface area contributed by atoms with Crippen LogP contribution in [0.5, 0.6) is 28.7 Å². The monoisotopic (exact) mass is 517 g/mol. The number of Topliss-reactive ketones (excluding diaryl/α,β-unsaturated/α-hetero) is 1. The van der Waals surface area contributed by atoms with Gasteiger partial charge in [-0.3, -0.25) is 14.5 Å². The highest BCUT2D eigenvalue weighted by molar-refractivity contribution is 6.51. The third-order valence-electron chi connectivity index (χ3n) is 6.31. The summed E-state index contributed by atoms with van der Waals surface area (Å²) in [7, 11) is 2.94. The van der Waals surface area contributed by atoms with E-state index in [4.69, 9.17) is 23.7 Å². The lowest BCUT2D eigenvalue weighted by atomic mass is 9.94. The minimum atomic E-state index is -0.945. The van der Waals surface area contributed by atoms with Crippen LogP contribution in [-0.2, 0) is 9.59 Å². The first-order valence-electron chi connectivity index (χ1n) is 12.0. The van der Waals surface area contributed by atoms with E-state index in [0.29, 0.717) is 40.0 Å². The number of carbonyl (C=O) groups excluding carboxylic acids is 2. The minimum absolute atomic E-state index is 0.0272. The van der Waals surface area contributed by atoms with Crippen molar-refractivity contribution in [2.24, 2.45) is 0 Å². The maximum Gasteiger partial charge on any atom is 0.300 e. The Labute approximate surface area is 219 Å². The number of aliphatic hydroxyl groups excluding tert-OH is 1. The van der Waals surface area contributed by atoms with Gasteiger partial charge in [0.1, 0.15) is 23.0 Å². The Bertz CT molecular complexity index is 1430. The Morgan fingerprint density at radius 2 is 1.63 bits per heavy atom. The molecule has 3 aromatic carbocycles. The van der Waals surface area contributed by atoms with E-state index in [1.807, 2.05) is 13.8 Å².